The van der Waals surface area contributed by atoms with Gasteiger partial charge in [0.15, 0.2) is 0 Å². The minimum absolute atomic E-state index is 0.953. The molecule has 0 saturated heterocycles. The lowest BCUT2D eigenvalue weighted by atomic mass is 10.2. The molecule has 19 heavy (non-hydrogen) atoms. The lowest BCUT2D eigenvalue weighted by Gasteiger charge is -2.16. The van der Waals surface area contributed by atoms with E-state index in [2.05, 4.69) is 40.2 Å². The second-order valence-corrected chi connectivity index (χ2v) is 5.65. The summed E-state index contributed by atoms with van der Waals surface area (Å²) in [4.78, 5) is 2.31. The Morgan fingerprint density at radius 1 is 1.32 bits per heavy atom. The van der Waals surface area contributed by atoms with Crippen molar-refractivity contribution in [3.05, 3.63) is 46.0 Å². The average Bonchev–Trinajstić information content (AvgIpc) is 3.02. The number of thiophene rings is 1. The SMILES string of the molecule is Cc1occc1CN(C)CCNCCc1ccsc1. The van der Waals surface area contributed by atoms with E-state index in [1.165, 1.54) is 11.1 Å². The molecule has 1 N–H and O–H groups in total. The number of rotatable bonds is 8. The highest BCUT2D eigenvalue weighted by Crippen LogP contribution is 2.10. The van der Waals surface area contributed by atoms with Gasteiger partial charge in [-0.25, -0.2) is 0 Å². The zero-order valence-corrected chi connectivity index (χ0v) is 12.5. The van der Waals surface area contributed by atoms with Crippen LogP contribution in [0.3, 0.4) is 0 Å². The van der Waals surface area contributed by atoms with Crippen molar-refractivity contribution in [3.8, 4) is 0 Å². The Labute approximate surface area is 119 Å². The predicted octanol–water partition coefficient (Wildman–Crippen LogP) is 2.91. The van der Waals surface area contributed by atoms with Gasteiger partial charge in [-0.1, -0.05) is 0 Å². The summed E-state index contributed by atoms with van der Waals surface area (Å²) in [5, 5.41) is 7.84. The molecule has 0 radical (unpaired) electrons. The third-order valence-corrected chi connectivity index (χ3v) is 3.98. The maximum Gasteiger partial charge on any atom is 0.105 e. The average molecular weight is 278 g/mol. The van der Waals surface area contributed by atoms with E-state index in [-0.39, 0.29) is 0 Å². The van der Waals surface area contributed by atoms with Crippen LogP contribution in [-0.4, -0.2) is 31.6 Å². The molecule has 0 aliphatic heterocycles. The first-order chi connectivity index (χ1) is 9.25. The van der Waals surface area contributed by atoms with E-state index in [1.54, 1.807) is 17.6 Å². The number of likely N-dealkylation sites (N-methyl/N-ethyl adjacent to an activating group) is 1. The predicted molar refractivity (Wildman–Crippen MR) is 80.7 cm³/mol. The fourth-order valence-electron chi connectivity index (χ4n) is 2.01. The van der Waals surface area contributed by atoms with Gasteiger partial charge in [-0.2, -0.15) is 11.3 Å². The molecule has 0 fully saturated rings. The van der Waals surface area contributed by atoms with E-state index < -0.39 is 0 Å². The second kappa shape index (κ2) is 7.48. The van der Waals surface area contributed by atoms with Gasteiger partial charge in [0, 0.05) is 25.2 Å². The van der Waals surface area contributed by atoms with E-state index in [1.807, 2.05) is 6.92 Å². The molecule has 104 valence electrons. The fourth-order valence-corrected chi connectivity index (χ4v) is 2.71. The first-order valence-electron chi connectivity index (χ1n) is 6.69. The van der Waals surface area contributed by atoms with Crippen LogP contribution in [0.1, 0.15) is 16.9 Å². The maximum atomic E-state index is 5.31. The maximum absolute atomic E-state index is 5.31. The van der Waals surface area contributed by atoms with Gasteiger partial charge < -0.3 is 14.6 Å². The third kappa shape index (κ3) is 4.82. The highest BCUT2D eigenvalue weighted by molar-refractivity contribution is 7.07. The van der Waals surface area contributed by atoms with Crippen molar-refractivity contribution in [1.82, 2.24) is 10.2 Å². The first-order valence-corrected chi connectivity index (χ1v) is 7.63. The standard InChI is InChI=1S/C15H22N2OS/c1-13-15(4-9-18-13)11-17(2)8-7-16-6-3-14-5-10-19-12-14/h4-5,9-10,12,16H,3,6-8,11H2,1-2H3. The van der Waals surface area contributed by atoms with Gasteiger partial charge in [0.1, 0.15) is 5.76 Å². The molecule has 0 aromatic carbocycles. The fraction of sp³-hybridized carbons (Fsp3) is 0.467. The van der Waals surface area contributed by atoms with Crippen molar-refractivity contribution in [3.63, 3.8) is 0 Å². The molecule has 0 atom stereocenters. The zero-order chi connectivity index (χ0) is 13.5. The molecule has 0 amide bonds. The van der Waals surface area contributed by atoms with Crippen LogP contribution in [0.4, 0.5) is 0 Å². The smallest absolute Gasteiger partial charge is 0.105 e. The van der Waals surface area contributed by atoms with Crippen molar-refractivity contribution < 1.29 is 4.42 Å². The Morgan fingerprint density at radius 2 is 2.21 bits per heavy atom. The summed E-state index contributed by atoms with van der Waals surface area (Å²) >= 11 is 1.77. The Bertz CT molecular complexity index is 464. The summed E-state index contributed by atoms with van der Waals surface area (Å²) in [6.07, 6.45) is 2.88. The normalized spacial score (nSPS) is 11.3. The minimum atomic E-state index is 0.953. The molecule has 0 bridgehead atoms. The molecule has 0 unspecified atom stereocenters. The van der Waals surface area contributed by atoms with Crippen LogP contribution in [0.25, 0.3) is 0 Å². The summed E-state index contributed by atoms with van der Waals surface area (Å²) in [7, 11) is 2.15. The molecule has 4 heteroatoms. The molecular weight excluding hydrogens is 256 g/mol. The molecule has 0 aliphatic carbocycles. The summed E-state index contributed by atoms with van der Waals surface area (Å²) < 4.78 is 5.31. The summed E-state index contributed by atoms with van der Waals surface area (Å²) in [6.45, 7) is 6.10. The van der Waals surface area contributed by atoms with Crippen LogP contribution in [-0.2, 0) is 13.0 Å². The van der Waals surface area contributed by atoms with Crippen molar-refractivity contribution in [2.24, 2.45) is 0 Å². The minimum Gasteiger partial charge on any atom is -0.469 e. The van der Waals surface area contributed by atoms with Gasteiger partial charge in [-0.15, -0.1) is 0 Å². The second-order valence-electron chi connectivity index (χ2n) is 4.87. The van der Waals surface area contributed by atoms with Gasteiger partial charge in [-0.3, -0.25) is 0 Å². The number of furan rings is 1. The van der Waals surface area contributed by atoms with E-state index >= 15 is 0 Å². The van der Waals surface area contributed by atoms with Crippen LogP contribution in [0.15, 0.2) is 33.6 Å². The van der Waals surface area contributed by atoms with Crippen LogP contribution in [0, 0.1) is 6.92 Å². The molecule has 3 nitrogen and oxygen atoms in total. The molecule has 2 rings (SSSR count). The monoisotopic (exact) mass is 278 g/mol. The molecule has 2 aromatic rings. The molecule has 2 aromatic heterocycles. The summed E-state index contributed by atoms with van der Waals surface area (Å²) in [5.41, 5.74) is 2.71. The first kappa shape index (κ1) is 14.3. The van der Waals surface area contributed by atoms with Gasteiger partial charge in [0.05, 0.1) is 6.26 Å². The Hall–Kier alpha value is -1.10. The molecular formula is C15H22N2OS. The van der Waals surface area contributed by atoms with E-state index in [0.717, 1.165) is 38.4 Å². The summed E-state index contributed by atoms with van der Waals surface area (Å²) in [6, 6.07) is 4.25. The number of hydrogen-bond acceptors (Lipinski definition) is 4. The highest BCUT2D eigenvalue weighted by Gasteiger charge is 2.04. The lowest BCUT2D eigenvalue weighted by molar-refractivity contribution is 0.322. The van der Waals surface area contributed by atoms with Crippen molar-refractivity contribution >= 4 is 11.3 Å². The van der Waals surface area contributed by atoms with Crippen LogP contribution in [0.5, 0.6) is 0 Å². The van der Waals surface area contributed by atoms with E-state index in [0.29, 0.717) is 0 Å². The van der Waals surface area contributed by atoms with Crippen molar-refractivity contribution in [1.29, 1.82) is 0 Å². The molecule has 0 spiro atoms. The van der Waals surface area contributed by atoms with Gasteiger partial charge >= 0.3 is 0 Å². The number of aryl methyl sites for hydroxylation is 1. The Balaban J connectivity index is 1.56. The summed E-state index contributed by atoms with van der Waals surface area (Å²) in [5.74, 6) is 1.03. The largest absolute Gasteiger partial charge is 0.469 e. The van der Waals surface area contributed by atoms with Crippen molar-refractivity contribution in [2.75, 3.05) is 26.7 Å². The van der Waals surface area contributed by atoms with Crippen molar-refractivity contribution in [2.45, 2.75) is 19.9 Å². The highest BCUT2D eigenvalue weighted by atomic mass is 32.1. The number of hydrogen-bond donors (Lipinski definition) is 1. The van der Waals surface area contributed by atoms with E-state index in [9.17, 15) is 0 Å². The van der Waals surface area contributed by atoms with Crippen LogP contribution < -0.4 is 5.32 Å². The Morgan fingerprint density at radius 3 is 2.89 bits per heavy atom. The van der Waals surface area contributed by atoms with Crippen LogP contribution in [0.2, 0.25) is 0 Å². The van der Waals surface area contributed by atoms with Crippen LogP contribution >= 0.6 is 11.3 Å². The molecule has 2 heterocycles. The number of nitrogens with zero attached hydrogens (tertiary/aromatic N) is 1. The van der Waals surface area contributed by atoms with E-state index in [4.69, 9.17) is 4.42 Å². The molecule has 0 aliphatic rings. The lowest BCUT2D eigenvalue weighted by Crippen LogP contribution is -2.30. The van der Waals surface area contributed by atoms with Gasteiger partial charge in [0.25, 0.3) is 0 Å². The number of nitrogens with one attached hydrogen (secondary N) is 1. The van der Waals surface area contributed by atoms with Gasteiger partial charge in [0.2, 0.25) is 0 Å². The third-order valence-electron chi connectivity index (χ3n) is 3.25. The Kier molecular flexibility index (Phi) is 5.63. The van der Waals surface area contributed by atoms with Gasteiger partial charge in [-0.05, 0) is 55.4 Å². The molecule has 0 saturated carbocycles. The zero-order valence-electron chi connectivity index (χ0n) is 11.7. The topological polar surface area (TPSA) is 28.4 Å². The quantitative estimate of drug-likeness (QED) is 0.753.